The fourth-order valence-corrected chi connectivity index (χ4v) is 13.6. The van der Waals surface area contributed by atoms with Crippen LogP contribution in [-0.2, 0) is 42.9 Å². The van der Waals surface area contributed by atoms with Gasteiger partial charge in [0.2, 0.25) is 0 Å². The minimum atomic E-state index is -2.04. The lowest BCUT2D eigenvalue weighted by molar-refractivity contribution is -0.371. The molecule has 5 aliphatic carbocycles. The van der Waals surface area contributed by atoms with Crippen molar-refractivity contribution in [3.8, 4) is 0 Å². The van der Waals surface area contributed by atoms with Gasteiger partial charge in [0, 0.05) is 5.92 Å². The summed E-state index contributed by atoms with van der Waals surface area (Å²) in [6.45, 7) is 15.2. The number of rotatable bonds is 7. The minimum absolute atomic E-state index is 0.0346. The van der Waals surface area contributed by atoms with Crippen molar-refractivity contribution >= 4 is 23.7 Å². The zero-order valence-electron chi connectivity index (χ0n) is 35.3. The molecule has 0 unspecified atom stereocenters. The van der Waals surface area contributed by atoms with E-state index in [9.17, 15) is 54.9 Å². The molecule has 2 heterocycles. The van der Waals surface area contributed by atoms with E-state index in [1.165, 1.54) is 12.7 Å². The lowest BCUT2D eigenvalue weighted by atomic mass is 9.33. The van der Waals surface area contributed by atoms with Crippen LogP contribution in [-0.4, -0.2) is 134 Å². The van der Waals surface area contributed by atoms with Crippen LogP contribution in [0, 0.1) is 50.2 Å². The van der Waals surface area contributed by atoms with Gasteiger partial charge in [0.05, 0.1) is 18.6 Å². The smallest absolute Gasteiger partial charge is 0.335 e. The van der Waals surface area contributed by atoms with Crippen LogP contribution < -0.4 is 0 Å². The van der Waals surface area contributed by atoms with Gasteiger partial charge in [0.25, 0.3) is 0 Å². The van der Waals surface area contributed by atoms with Gasteiger partial charge in [-0.25, -0.2) is 9.59 Å². The second-order valence-corrected chi connectivity index (χ2v) is 20.8. The minimum Gasteiger partial charge on any atom is -0.479 e. The van der Waals surface area contributed by atoms with Gasteiger partial charge in [-0.05, 0) is 110 Å². The van der Waals surface area contributed by atoms with Gasteiger partial charge in [-0.3, -0.25) is 9.59 Å². The molecule has 2 aliphatic heterocycles. The van der Waals surface area contributed by atoms with Gasteiger partial charge in [0.1, 0.15) is 36.6 Å². The Morgan fingerprint density at radius 1 is 0.712 bits per heavy atom. The summed E-state index contributed by atoms with van der Waals surface area (Å²) in [4.78, 5) is 52.0. The fourth-order valence-electron chi connectivity index (χ4n) is 13.6. The Hall–Kier alpha value is -2.54. The van der Waals surface area contributed by atoms with Crippen LogP contribution in [0.25, 0.3) is 0 Å². The van der Waals surface area contributed by atoms with Gasteiger partial charge in [0.15, 0.2) is 30.6 Å². The van der Waals surface area contributed by atoms with Crippen molar-refractivity contribution in [2.75, 3.05) is 7.11 Å². The van der Waals surface area contributed by atoms with Gasteiger partial charge in [-0.2, -0.15) is 0 Å². The molecule has 0 aromatic heterocycles. The first-order chi connectivity index (χ1) is 27.3. The predicted molar refractivity (Wildman–Crippen MR) is 204 cm³/mol. The first-order valence-corrected chi connectivity index (χ1v) is 21.1. The highest BCUT2D eigenvalue weighted by atomic mass is 16.8. The Kier molecular flexibility index (Phi) is 11.2. The number of hydrogen-bond donors (Lipinski definition) is 7. The molecule has 16 nitrogen and oxygen atoms in total. The molecule has 4 saturated carbocycles. The van der Waals surface area contributed by atoms with Crippen molar-refractivity contribution in [3.05, 3.63) is 11.6 Å². The molecule has 2 saturated heterocycles. The van der Waals surface area contributed by atoms with Gasteiger partial charge in [-0.1, -0.05) is 47.1 Å². The molecule has 7 rings (SSSR count). The van der Waals surface area contributed by atoms with E-state index in [1.54, 1.807) is 0 Å². The summed E-state index contributed by atoms with van der Waals surface area (Å²) in [5.74, 6) is -3.71. The van der Waals surface area contributed by atoms with E-state index in [4.69, 9.17) is 23.7 Å². The average Bonchev–Trinajstić information content (AvgIpc) is 3.16. The van der Waals surface area contributed by atoms with E-state index >= 15 is 0 Å². The molecule has 0 bridgehead atoms. The van der Waals surface area contributed by atoms with Crippen LogP contribution in [0.3, 0.4) is 0 Å². The summed E-state index contributed by atoms with van der Waals surface area (Å²) >= 11 is 0. The highest BCUT2D eigenvalue weighted by Gasteiger charge is 2.71. The third kappa shape index (κ3) is 6.56. The molecule has 16 heteroatoms. The quantitative estimate of drug-likeness (QED) is 0.144. The van der Waals surface area contributed by atoms with Crippen LogP contribution in [0.4, 0.5) is 0 Å². The van der Waals surface area contributed by atoms with Gasteiger partial charge >= 0.3 is 17.9 Å². The summed E-state index contributed by atoms with van der Waals surface area (Å²) in [5.41, 5.74) is -1.36. The molecule has 7 N–H and O–H groups in total. The molecule has 0 amide bonds. The summed E-state index contributed by atoms with van der Waals surface area (Å²) in [7, 11) is 1.44. The zero-order valence-corrected chi connectivity index (χ0v) is 35.3. The van der Waals surface area contributed by atoms with Crippen LogP contribution in [0.1, 0.15) is 106 Å². The van der Waals surface area contributed by atoms with Crippen molar-refractivity contribution in [2.24, 2.45) is 50.2 Å². The summed E-state index contributed by atoms with van der Waals surface area (Å²) in [6.07, 6.45) is -11.6. The largest absolute Gasteiger partial charge is 0.479 e. The maximum atomic E-state index is 14.9. The molecule has 0 radical (unpaired) electrons. The van der Waals surface area contributed by atoms with E-state index in [0.717, 1.165) is 38.5 Å². The van der Waals surface area contributed by atoms with Crippen molar-refractivity contribution in [1.82, 2.24) is 0 Å². The number of carbonyl (C=O) groups is 4. The standard InChI is InChI=1S/C43H64O16/c1-38(2)22-9-12-43(7)32(21(44)17-19-20-18-40(4,37(54)55-8)14-13-39(20,3)15-16-42(19,43)6)41(22,5)11-10-23(38)56-36-31(27(48)26(47)30(58-36)34(52)53)59-35-28(49)24(45)25(46)29(57-35)33(50)51/h17,20,22-32,35-36,45-49H,9-16,18H2,1-8H3,(H,50,51)(H,52,53)/t20-,22-,23-,24-,25-,26-,27-,28+,29-,30-,31+,32+,35-,36+,39+,40-,41-,42+,43+/m0/s1. The Balaban J connectivity index is 1.17. The number of esters is 1. The van der Waals surface area contributed by atoms with Gasteiger partial charge in [-0.15, -0.1) is 0 Å². The maximum Gasteiger partial charge on any atom is 0.335 e. The number of ether oxygens (including phenoxy) is 5. The Morgan fingerprint density at radius 2 is 1.31 bits per heavy atom. The first kappa shape index (κ1) is 44.5. The average molecular weight is 837 g/mol. The van der Waals surface area contributed by atoms with Crippen molar-refractivity contribution < 1.29 is 78.6 Å². The topological polar surface area (TPSA) is 256 Å². The van der Waals surface area contributed by atoms with E-state index in [-0.39, 0.29) is 40.3 Å². The number of fused-ring (bicyclic) bond motifs is 7. The van der Waals surface area contributed by atoms with Crippen molar-refractivity contribution in [1.29, 1.82) is 0 Å². The number of ketones is 1. The number of carboxylic acid groups (broad SMARTS) is 2. The first-order valence-electron chi connectivity index (χ1n) is 21.1. The molecule has 6 fully saturated rings. The Bertz CT molecular complexity index is 1750. The number of aliphatic carboxylic acids is 2. The van der Waals surface area contributed by atoms with Crippen LogP contribution in [0.2, 0.25) is 0 Å². The SMILES string of the molecule is COC(=O)[C@@]1(C)CC[C@]2(C)CC[C@]3(C)C(=CC(=O)[C@@H]4[C@@]5(C)CC[C@H](O[C@@H]6O[C@H](C(=O)O)[C@@H](O)[C@H](O)[C@H]6O[C@@H]6O[C@H](C(=O)O)[C@@H](O)[C@H](O)[C@H]6O)C(C)(C)[C@@H]5CC[C@]43C)[C@@H]2C1. The Labute approximate surface area is 344 Å². The van der Waals surface area contributed by atoms with E-state index < -0.39 is 101 Å². The van der Waals surface area contributed by atoms with Gasteiger partial charge < -0.3 is 59.4 Å². The molecule has 332 valence electrons. The maximum absolute atomic E-state index is 14.9. The second kappa shape index (κ2) is 14.8. The molecule has 19 atom stereocenters. The predicted octanol–water partition coefficient (Wildman–Crippen LogP) is 2.33. The second-order valence-electron chi connectivity index (χ2n) is 20.8. The molecule has 0 spiro atoms. The van der Waals surface area contributed by atoms with Crippen LogP contribution >= 0.6 is 0 Å². The summed E-state index contributed by atoms with van der Waals surface area (Å²) in [5, 5.41) is 72.9. The molecule has 0 aromatic rings. The zero-order chi connectivity index (χ0) is 43.6. The number of carboxylic acids is 2. The number of methoxy groups -OCH3 is 1. The monoisotopic (exact) mass is 836 g/mol. The molecular formula is C43H64O16. The molecular weight excluding hydrogens is 772 g/mol. The number of aliphatic hydroxyl groups is 5. The molecule has 7 aliphatic rings. The van der Waals surface area contributed by atoms with Crippen LogP contribution in [0.5, 0.6) is 0 Å². The molecule has 59 heavy (non-hydrogen) atoms. The number of aliphatic hydroxyl groups excluding tert-OH is 5. The third-order valence-corrected chi connectivity index (χ3v) is 17.4. The van der Waals surface area contributed by atoms with E-state index in [0.29, 0.717) is 19.3 Å². The normalized spacial score (nSPS) is 51.8. The highest BCUT2D eigenvalue weighted by molar-refractivity contribution is 5.95. The van der Waals surface area contributed by atoms with E-state index in [2.05, 4.69) is 27.7 Å². The lowest BCUT2D eigenvalue weighted by Crippen LogP contribution is -2.68. The molecule has 0 aromatic carbocycles. The summed E-state index contributed by atoms with van der Waals surface area (Å²) < 4.78 is 28.7. The van der Waals surface area contributed by atoms with Crippen molar-refractivity contribution in [3.63, 3.8) is 0 Å². The lowest BCUT2D eigenvalue weighted by Gasteiger charge is -2.70. The number of allylic oxidation sites excluding steroid dienone is 2. The number of carbonyl (C=O) groups excluding carboxylic acids is 2. The third-order valence-electron chi connectivity index (χ3n) is 17.4. The van der Waals surface area contributed by atoms with E-state index in [1.807, 2.05) is 26.8 Å². The highest BCUT2D eigenvalue weighted by Crippen LogP contribution is 2.75. The summed E-state index contributed by atoms with van der Waals surface area (Å²) in [6, 6.07) is 0. The van der Waals surface area contributed by atoms with Crippen LogP contribution in [0.15, 0.2) is 11.6 Å². The fraction of sp³-hybridized carbons (Fsp3) is 0.860. The van der Waals surface area contributed by atoms with Crippen molar-refractivity contribution in [2.45, 2.75) is 174 Å². The number of hydrogen-bond acceptors (Lipinski definition) is 14. The Morgan fingerprint density at radius 3 is 1.92 bits per heavy atom.